The molecule has 0 aliphatic carbocycles. The molecule has 1 amide bonds. The molecule has 580 valence electrons. The highest BCUT2D eigenvalue weighted by atomic mass is 16.7. The molecule has 0 spiro atoms. The number of nitrogens with one attached hydrogen (secondary N) is 1. The van der Waals surface area contributed by atoms with E-state index in [0.29, 0.717) is 12.8 Å². The number of aliphatic hydroxyl groups is 8. The molecule has 0 aromatic carbocycles. The van der Waals surface area contributed by atoms with Crippen molar-refractivity contribution in [2.45, 2.75) is 357 Å². The number of hydrogen-bond acceptors (Lipinski definition) is 13. The van der Waals surface area contributed by atoms with Gasteiger partial charge in [-0.05, 0) is 128 Å². The van der Waals surface area contributed by atoms with Crippen LogP contribution in [0.3, 0.4) is 0 Å². The number of carbonyl (C=O) groups is 1. The summed E-state index contributed by atoms with van der Waals surface area (Å²) < 4.78 is 22.9. The molecular formula is C88H145NO13. The molecule has 14 nitrogen and oxygen atoms in total. The molecule has 2 aliphatic rings. The van der Waals surface area contributed by atoms with Gasteiger partial charge in [-0.25, -0.2) is 0 Å². The van der Waals surface area contributed by atoms with Gasteiger partial charge in [0.2, 0.25) is 5.91 Å². The molecule has 12 atom stereocenters. The quantitative estimate of drug-likeness (QED) is 0.0204. The van der Waals surface area contributed by atoms with Crippen molar-refractivity contribution in [1.82, 2.24) is 5.32 Å². The van der Waals surface area contributed by atoms with Crippen LogP contribution in [0, 0.1) is 0 Å². The second kappa shape index (κ2) is 69.4. The van der Waals surface area contributed by atoms with Crippen LogP contribution >= 0.6 is 0 Å². The van der Waals surface area contributed by atoms with E-state index in [9.17, 15) is 45.6 Å². The van der Waals surface area contributed by atoms with E-state index in [-0.39, 0.29) is 18.9 Å². The van der Waals surface area contributed by atoms with E-state index in [4.69, 9.17) is 18.9 Å². The Hall–Kier alpha value is -4.65. The zero-order chi connectivity index (χ0) is 73.7. The fourth-order valence-corrected chi connectivity index (χ4v) is 12.0. The second-order valence-corrected chi connectivity index (χ2v) is 27.4. The fourth-order valence-electron chi connectivity index (χ4n) is 12.0. The van der Waals surface area contributed by atoms with Crippen molar-refractivity contribution in [3.8, 4) is 0 Å². The summed E-state index contributed by atoms with van der Waals surface area (Å²) in [6, 6.07) is -0.959. The number of allylic oxidation sites excluding steroid dienone is 27. The zero-order valence-corrected chi connectivity index (χ0v) is 63.5. The van der Waals surface area contributed by atoms with Gasteiger partial charge in [0.25, 0.3) is 0 Å². The Morgan fingerprint density at radius 1 is 0.363 bits per heavy atom. The first-order valence-electron chi connectivity index (χ1n) is 40.4. The highest BCUT2D eigenvalue weighted by Crippen LogP contribution is 2.30. The second-order valence-electron chi connectivity index (χ2n) is 27.4. The Balaban J connectivity index is 1.66. The lowest BCUT2D eigenvalue weighted by Gasteiger charge is -2.46. The molecule has 102 heavy (non-hydrogen) atoms. The Morgan fingerprint density at radius 2 is 0.686 bits per heavy atom. The smallest absolute Gasteiger partial charge is 0.220 e. The molecule has 14 heteroatoms. The maximum atomic E-state index is 13.4. The minimum Gasteiger partial charge on any atom is -0.394 e. The highest BCUT2D eigenvalue weighted by molar-refractivity contribution is 5.76. The molecule has 0 radical (unpaired) electrons. The minimum atomic E-state index is -1.80. The van der Waals surface area contributed by atoms with Crippen LogP contribution in [0.5, 0.6) is 0 Å². The van der Waals surface area contributed by atoms with Gasteiger partial charge in [-0.15, -0.1) is 0 Å². The highest BCUT2D eigenvalue weighted by Gasteiger charge is 2.51. The van der Waals surface area contributed by atoms with E-state index in [0.717, 1.165) is 141 Å². The van der Waals surface area contributed by atoms with Crippen molar-refractivity contribution in [2.24, 2.45) is 0 Å². The first kappa shape index (κ1) is 93.4. The van der Waals surface area contributed by atoms with Gasteiger partial charge < -0.3 is 65.1 Å². The summed E-state index contributed by atoms with van der Waals surface area (Å²) in [5, 5.41) is 87.6. The summed E-state index contributed by atoms with van der Waals surface area (Å²) in [7, 11) is 0. The minimum absolute atomic E-state index is 0.246. The number of amides is 1. The van der Waals surface area contributed by atoms with E-state index in [1.807, 2.05) is 6.08 Å². The molecule has 2 saturated heterocycles. The number of aliphatic hydroxyl groups excluding tert-OH is 8. The van der Waals surface area contributed by atoms with Gasteiger partial charge in [0.15, 0.2) is 12.6 Å². The average molecular weight is 1430 g/mol. The molecule has 2 rings (SSSR count). The molecule has 2 aliphatic heterocycles. The first-order chi connectivity index (χ1) is 50.1. The van der Waals surface area contributed by atoms with Gasteiger partial charge in [0, 0.05) is 6.42 Å². The van der Waals surface area contributed by atoms with E-state index in [1.54, 1.807) is 6.08 Å². The largest absolute Gasteiger partial charge is 0.394 e. The third-order valence-corrected chi connectivity index (χ3v) is 18.4. The van der Waals surface area contributed by atoms with E-state index in [1.165, 1.54) is 109 Å². The molecule has 0 aromatic rings. The predicted octanol–water partition coefficient (Wildman–Crippen LogP) is 18.7. The summed E-state index contributed by atoms with van der Waals surface area (Å²) in [6.45, 7) is 2.67. The Bertz CT molecular complexity index is 2380. The van der Waals surface area contributed by atoms with Crippen LogP contribution in [-0.2, 0) is 23.7 Å². The maximum absolute atomic E-state index is 13.4. The van der Waals surface area contributed by atoms with Crippen molar-refractivity contribution >= 4 is 5.91 Å². The molecule has 2 heterocycles. The molecule has 12 unspecified atom stereocenters. The van der Waals surface area contributed by atoms with Crippen molar-refractivity contribution in [3.05, 3.63) is 170 Å². The number of rotatable bonds is 65. The van der Waals surface area contributed by atoms with Gasteiger partial charge in [-0.1, -0.05) is 319 Å². The number of hydrogen-bond donors (Lipinski definition) is 9. The lowest BCUT2D eigenvalue weighted by atomic mass is 9.97. The molecular weight excluding hydrogens is 1280 g/mol. The normalized spacial score (nSPS) is 22.6. The third kappa shape index (κ3) is 51.5. The Kier molecular flexibility index (Phi) is 63.6. The standard InChI is InChI=1S/C88H145NO13/c1-3-5-7-9-11-13-15-17-19-21-23-25-27-29-31-32-33-34-35-36-37-38-39-40-41-42-43-44-46-48-50-52-54-56-58-60-62-64-66-68-70-72-80(93)89-76(75-99-87-85(98)83(96)86(79(74-91)101-87)102-88-84(97)82(95)81(94)78(73-90)100-88)77(92)71-69-67-65-63-61-59-57-55-53-51-49-47-45-30-28-26-24-22-20-18-16-14-12-10-8-6-4-2/h5,7,11,13,17,19,23,25,29,31,33-34,36-37,39-40,42-43,46,48,52-55,61,63,69,71,76-79,81-88,90-92,94-98H,3-4,6,8-10,12,14-16,18,20-22,24,26-28,30,32,35,38,41,44-45,47,49-51,56-60,62,64-68,70,72-75H2,1-2H3,(H,89,93)/b7-5-,13-11-,19-17-,25-23-,31-29-,34-33-,37-36-,40-39-,43-42-,48-46-,54-52-,55-53+,63-61+,71-69+. The van der Waals surface area contributed by atoms with E-state index in [2.05, 4.69) is 177 Å². The summed E-state index contributed by atoms with van der Waals surface area (Å²) in [4.78, 5) is 13.4. The molecule has 9 N–H and O–H groups in total. The predicted molar refractivity (Wildman–Crippen MR) is 424 cm³/mol. The van der Waals surface area contributed by atoms with Crippen LogP contribution in [-0.4, -0.2) is 140 Å². The van der Waals surface area contributed by atoms with Crippen LogP contribution in [0.25, 0.3) is 0 Å². The fraction of sp³-hybridized carbons (Fsp3) is 0.670. The van der Waals surface area contributed by atoms with Crippen molar-refractivity contribution in [3.63, 3.8) is 0 Å². The number of carbonyl (C=O) groups excluding carboxylic acids is 1. The lowest BCUT2D eigenvalue weighted by molar-refractivity contribution is -0.359. The maximum Gasteiger partial charge on any atom is 0.220 e. The van der Waals surface area contributed by atoms with Crippen LogP contribution in [0.2, 0.25) is 0 Å². The van der Waals surface area contributed by atoms with Gasteiger partial charge in [-0.3, -0.25) is 4.79 Å². The Morgan fingerprint density at radius 3 is 1.08 bits per heavy atom. The summed E-state index contributed by atoms with van der Waals surface area (Å²) >= 11 is 0. The average Bonchev–Trinajstić information content (AvgIpc) is 0.790. The molecule has 0 bridgehead atoms. The van der Waals surface area contributed by atoms with Crippen molar-refractivity contribution < 1.29 is 64.6 Å². The first-order valence-corrected chi connectivity index (χ1v) is 40.4. The number of ether oxygens (including phenoxy) is 4. The summed E-state index contributed by atoms with van der Waals surface area (Å²) in [6.07, 6.45) is 91.4. The summed E-state index contributed by atoms with van der Waals surface area (Å²) in [5.74, 6) is -0.270. The van der Waals surface area contributed by atoms with Crippen molar-refractivity contribution in [1.29, 1.82) is 0 Å². The van der Waals surface area contributed by atoms with Gasteiger partial charge in [0.05, 0.1) is 32.0 Å². The SMILES string of the molecule is CC/C=C\C/C=C\C/C=C\C/C=C\C/C=C\C/C=C\C/C=C\C/C=C\C/C=C\C/C=C\C/C=C\CCCCCCCCCC(=O)NC(COC1OC(CO)C(OC2OC(CO)C(O)C(O)C2O)C(O)C1O)C(O)/C=C/CC/C=C/CC/C=C/CCCCCCCCCCCCCCCCCCC. The lowest BCUT2D eigenvalue weighted by Crippen LogP contribution is -2.65. The van der Waals surface area contributed by atoms with Crippen molar-refractivity contribution in [2.75, 3.05) is 19.8 Å². The molecule has 0 saturated carbocycles. The molecule has 0 aromatic heterocycles. The zero-order valence-electron chi connectivity index (χ0n) is 63.5. The topological polar surface area (TPSA) is 228 Å². The van der Waals surface area contributed by atoms with Crippen LogP contribution in [0.4, 0.5) is 0 Å². The van der Waals surface area contributed by atoms with E-state index >= 15 is 0 Å². The van der Waals surface area contributed by atoms with Gasteiger partial charge in [0.1, 0.15) is 48.8 Å². The van der Waals surface area contributed by atoms with Crippen LogP contribution in [0.15, 0.2) is 170 Å². The van der Waals surface area contributed by atoms with Gasteiger partial charge >= 0.3 is 0 Å². The van der Waals surface area contributed by atoms with Crippen LogP contribution in [0.1, 0.15) is 284 Å². The molecule has 2 fully saturated rings. The Labute approximate surface area is 619 Å². The monoisotopic (exact) mass is 1420 g/mol. The number of unbranched alkanes of at least 4 members (excludes halogenated alkanes) is 26. The van der Waals surface area contributed by atoms with E-state index < -0.39 is 86.8 Å². The van der Waals surface area contributed by atoms with Crippen LogP contribution < -0.4 is 5.32 Å². The third-order valence-electron chi connectivity index (χ3n) is 18.4. The summed E-state index contributed by atoms with van der Waals surface area (Å²) in [5.41, 5.74) is 0. The van der Waals surface area contributed by atoms with Gasteiger partial charge in [-0.2, -0.15) is 0 Å².